The summed E-state index contributed by atoms with van der Waals surface area (Å²) in [6, 6.07) is 4.54. The molecule has 0 radical (unpaired) electrons. The fourth-order valence-electron chi connectivity index (χ4n) is 1.98. The fourth-order valence-corrected chi connectivity index (χ4v) is 1.98. The van der Waals surface area contributed by atoms with Gasteiger partial charge in [-0.3, -0.25) is 0 Å². The lowest BCUT2D eigenvalue weighted by atomic mass is 10.1. The average Bonchev–Trinajstić information content (AvgIpc) is 2.96. The SMILES string of the molecule is CC(C)(C)OC(=O)/C=C(\c1ccc(C(F)(F)F)cc1)n1ccnc1. The maximum Gasteiger partial charge on any atom is 0.416 e. The van der Waals surface area contributed by atoms with Crippen molar-refractivity contribution in [1.29, 1.82) is 0 Å². The number of carbonyl (C=O) groups is 1. The van der Waals surface area contributed by atoms with Gasteiger partial charge in [-0.25, -0.2) is 9.78 Å². The molecule has 1 aromatic heterocycles. The maximum absolute atomic E-state index is 12.7. The van der Waals surface area contributed by atoms with E-state index < -0.39 is 23.3 Å². The largest absolute Gasteiger partial charge is 0.457 e. The zero-order valence-corrected chi connectivity index (χ0v) is 13.5. The summed E-state index contributed by atoms with van der Waals surface area (Å²) in [6.07, 6.45) is 1.37. The van der Waals surface area contributed by atoms with Crippen LogP contribution in [-0.2, 0) is 15.7 Å². The number of esters is 1. The van der Waals surface area contributed by atoms with Crippen LogP contribution in [0.15, 0.2) is 49.1 Å². The highest BCUT2D eigenvalue weighted by molar-refractivity contribution is 5.91. The third kappa shape index (κ3) is 4.71. The second-order valence-electron chi connectivity index (χ2n) is 6.11. The van der Waals surface area contributed by atoms with Crippen LogP contribution in [0.2, 0.25) is 0 Å². The van der Waals surface area contributed by atoms with E-state index in [1.54, 1.807) is 27.0 Å². The molecule has 24 heavy (non-hydrogen) atoms. The van der Waals surface area contributed by atoms with E-state index >= 15 is 0 Å². The molecule has 0 saturated heterocycles. The van der Waals surface area contributed by atoms with E-state index in [1.165, 1.54) is 35.3 Å². The van der Waals surface area contributed by atoms with Gasteiger partial charge in [0.05, 0.1) is 17.6 Å². The maximum atomic E-state index is 12.7. The number of carbonyl (C=O) groups excluding carboxylic acids is 1. The highest BCUT2D eigenvalue weighted by Gasteiger charge is 2.30. The third-order valence-electron chi connectivity index (χ3n) is 2.95. The minimum absolute atomic E-state index is 0.371. The van der Waals surface area contributed by atoms with Gasteiger partial charge < -0.3 is 9.30 Å². The van der Waals surface area contributed by atoms with Crippen LogP contribution in [0.5, 0.6) is 0 Å². The van der Waals surface area contributed by atoms with Gasteiger partial charge in [-0.2, -0.15) is 13.2 Å². The van der Waals surface area contributed by atoms with Gasteiger partial charge in [-0.15, -0.1) is 0 Å². The summed E-state index contributed by atoms with van der Waals surface area (Å²) in [7, 11) is 0. The van der Waals surface area contributed by atoms with E-state index in [0.717, 1.165) is 12.1 Å². The number of ether oxygens (including phenoxy) is 1. The highest BCUT2D eigenvalue weighted by atomic mass is 19.4. The van der Waals surface area contributed by atoms with Gasteiger partial charge in [-0.05, 0) is 38.5 Å². The van der Waals surface area contributed by atoms with Crippen LogP contribution >= 0.6 is 0 Å². The molecule has 0 unspecified atom stereocenters. The zero-order chi connectivity index (χ0) is 18.0. The highest BCUT2D eigenvalue weighted by Crippen LogP contribution is 2.30. The summed E-state index contributed by atoms with van der Waals surface area (Å²) in [5.74, 6) is -0.592. The Kier molecular flexibility index (Phi) is 4.82. The Morgan fingerprint density at radius 2 is 1.79 bits per heavy atom. The van der Waals surface area contributed by atoms with Crippen LogP contribution in [0.4, 0.5) is 13.2 Å². The van der Waals surface area contributed by atoms with Gasteiger partial charge in [0, 0.05) is 18.5 Å². The van der Waals surface area contributed by atoms with E-state index in [2.05, 4.69) is 4.98 Å². The predicted molar refractivity (Wildman–Crippen MR) is 82.9 cm³/mol. The van der Waals surface area contributed by atoms with E-state index in [1.807, 2.05) is 0 Å². The number of alkyl halides is 3. The molecular formula is C17H17F3N2O2. The minimum Gasteiger partial charge on any atom is -0.457 e. The van der Waals surface area contributed by atoms with Gasteiger partial charge >= 0.3 is 12.1 Å². The van der Waals surface area contributed by atoms with Crippen LogP contribution in [0.3, 0.4) is 0 Å². The molecule has 1 aromatic carbocycles. The Bertz CT molecular complexity index is 725. The molecule has 0 amide bonds. The van der Waals surface area contributed by atoms with Crippen molar-refractivity contribution >= 4 is 11.7 Å². The molecule has 0 spiro atoms. The molecule has 2 aromatic rings. The van der Waals surface area contributed by atoms with Gasteiger partial charge in [0.25, 0.3) is 0 Å². The second kappa shape index (κ2) is 6.51. The van der Waals surface area contributed by atoms with Crippen molar-refractivity contribution in [1.82, 2.24) is 9.55 Å². The quantitative estimate of drug-likeness (QED) is 0.624. The number of halogens is 3. The Balaban J connectivity index is 2.39. The van der Waals surface area contributed by atoms with Crippen molar-refractivity contribution in [2.45, 2.75) is 32.5 Å². The number of hydrogen-bond acceptors (Lipinski definition) is 3. The number of hydrogen-bond donors (Lipinski definition) is 0. The number of benzene rings is 1. The first-order chi connectivity index (χ1) is 11.1. The van der Waals surface area contributed by atoms with E-state index in [4.69, 9.17) is 4.74 Å². The van der Waals surface area contributed by atoms with Gasteiger partial charge in [0.2, 0.25) is 0 Å². The summed E-state index contributed by atoms with van der Waals surface area (Å²) in [6.45, 7) is 5.19. The topological polar surface area (TPSA) is 44.1 Å². The van der Waals surface area contributed by atoms with Crippen molar-refractivity contribution < 1.29 is 22.7 Å². The molecule has 0 atom stereocenters. The summed E-state index contributed by atoms with van der Waals surface area (Å²) in [4.78, 5) is 15.9. The van der Waals surface area contributed by atoms with Crippen molar-refractivity contribution in [3.8, 4) is 0 Å². The Morgan fingerprint density at radius 1 is 1.17 bits per heavy atom. The molecule has 7 heteroatoms. The predicted octanol–water partition coefficient (Wildman–Crippen LogP) is 4.13. The van der Waals surface area contributed by atoms with Crippen LogP contribution in [0.1, 0.15) is 31.9 Å². The summed E-state index contributed by atoms with van der Waals surface area (Å²) in [5, 5.41) is 0. The molecule has 0 saturated carbocycles. The molecule has 0 aliphatic rings. The van der Waals surface area contributed by atoms with Crippen LogP contribution < -0.4 is 0 Å². The first-order valence-electron chi connectivity index (χ1n) is 7.17. The third-order valence-corrected chi connectivity index (χ3v) is 2.95. The molecular weight excluding hydrogens is 321 g/mol. The summed E-state index contributed by atoms with van der Waals surface area (Å²) >= 11 is 0. The minimum atomic E-state index is -4.41. The lowest BCUT2D eigenvalue weighted by molar-refractivity contribution is -0.148. The Hall–Kier alpha value is -2.57. The lowest BCUT2D eigenvalue weighted by Crippen LogP contribution is -2.23. The number of imidazole rings is 1. The lowest BCUT2D eigenvalue weighted by Gasteiger charge is -2.19. The normalized spacial score (nSPS) is 13.0. The van der Waals surface area contributed by atoms with Crippen LogP contribution in [0, 0.1) is 0 Å². The zero-order valence-electron chi connectivity index (χ0n) is 13.5. The number of rotatable bonds is 3. The molecule has 0 N–H and O–H groups in total. The van der Waals surface area contributed by atoms with Crippen LogP contribution in [-0.4, -0.2) is 21.1 Å². The molecule has 0 bridgehead atoms. The molecule has 4 nitrogen and oxygen atoms in total. The molecule has 0 aliphatic carbocycles. The summed E-state index contributed by atoms with van der Waals surface area (Å²) in [5.41, 5.74) is -0.621. The van der Waals surface area contributed by atoms with Gasteiger partial charge in [-0.1, -0.05) is 12.1 Å². The van der Waals surface area contributed by atoms with Crippen molar-refractivity contribution in [3.63, 3.8) is 0 Å². The van der Waals surface area contributed by atoms with Crippen LogP contribution in [0.25, 0.3) is 5.70 Å². The molecule has 2 rings (SSSR count). The van der Waals surface area contributed by atoms with Gasteiger partial charge in [0.15, 0.2) is 0 Å². The molecule has 0 aliphatic heterocycles. The van der Waals surface area contributed by atoms with Gasteiger partial charge in [0.1, 0.15) is 5.60 Å². The van der Waals surface area contributed by atoms with E-state index in [0.29, 0.717) is 11.3 Å². The van der Waals surface area contributed by atoms with E-state index in [9.17, 15) is 18.0 Å². The Morgan fingerprint density at radius 3 is 2.25 bits per heavy atom. The standard InChI is InChI=1S/C17H17F3N2O2/c1-16(2,3)24-15(23)10-14(22-9-8-21-11-22)12-4-6-13(7-5-12)17(18,19)20/h4-11H,1-3H3/b14-10+. The number of nitrogens with zero attached hydrogens (tertiary/aromatic N) is 2. The van der Waals surface area contributed by atoms with Crippen molar-refractivity contribution in [3.05, 3.63) is 60.2 Å². The van der Waals surface area contributed by atoms with Crippen molar-refractivity contribution in [2.75, 3.05) is 0 Å². The van der Waals surface area contributed by atoms with Crippen molar-refractivity contribution in [2.24, 2.45) is 0 Å². The average molecular weight is 338 g/mol. The second-order valence-corrected chi connectivity index (χ2v) is 6.11. The summed E-state index contributed by atoms with van der Waals surface area (Å²) < 4.78 is 44.8. The number of aromatic nitrogens is 2. The first kappa shape index (κ1) is 17.8. The smallest absolute Gasteiger partial charge is 0.416 e. The molecule has 1 heterocycles. The monoisotopic (exact) mass is 338 g/mol. The molecule has 0 fully saturated rings. The first-order valence-corrected chi connectivity index (χ1v) is 7.17. The Labute approximate surface area is 137 Å². The fraction of sp³-hybridized carbons (Fsp3) is 0.294. The van der Waals surface area contributed by atoms with E-state index in [-0.39, 0.29) is 0 Å². The molecule has 128 valence electrons.